The van der Waals surface area contributed by atoms with Crippen molar-refractivity contribution in [1.82, 2.24) is 0 Å². The third-order valence-corrected chi connectivity index (χ3v) is 12.7. The van der Waals surface area contributed by atoms with Crippen LogP contribution in [-0.4, -0.2) is 7.25 Å². The van der Waals surface area contributed by atoms with Gasteiger partial charge in [-0.15, -0.1) is 0 Å². The van der Waals surface area contributed by atoms with E-state index in [2.05, 4.69) is 206 Å². The predicted molar refractivity (Wildman–Crippen MR) is 210 cm³/mol. The molecule has 2 bridgehead atoms. The van der Waals surface area contributed by atoms with Gasteiger partial charge in [0, 0.05) is 19.5 Å². The summed E-state index contributed by atoms with van der Waals surface area (Å²) >= 11 is 0. The Morgan fingerprint density at radius 2 is 0.490 bits per heavy atom. The second kappa shape index (κ2) is 20.8. The summed E-state index contributed by atoms with van der Waals surface area (Å²) in [6.45, 7) is 0. The van der Waals surface area contributed by atoms with E-state index in [4.69, 9.17) is 0 Å². The molecule has 0 nitrogen and oxygen atoms in total. The predicted octanol–water partition coefficient (Wildman–Crippen LogP) is 9.94. The minimum atomic E-state index is -6.00. The summed E-state index contributed by atoms with van der Waals surface area (Å²) in [7, 11) is -6.89. The maximum Gasteiger partial charge on any atom is 0.673 e. The Morgan fingerprint density at radius 1 is 0.333 bits per heavy atom. The van der Waals surface area contributed by atoms with Crippen LogP contribution in [0, 0.1) is 11.8 Å². The third kappa shape index (κ3) is 13.3. The van der Waals surface area contributed by atoms with E-state index in [1.54, 1.807) is 0 Å². The van der Waals surface area contributed by atoms with Gasteiger partial charge in [-0.3, -0.25) is 0 Å². The Balaban J connectivity index is 0.000000171. The first-order valence-corrected chi connectivity index (χ1v) is 19.2. The number of hydrogen-bond donors (Lipinski definition) is 0. The van der Waals surface area contributed by atoms with Crippen molar-refractivity contribution in [2.24, 2.45) is 11.8 Å². The molecule has 0 saturated carbocycles. The Morgan fingerprint density at radius 3 is 0.608 bits per heavy atom. The van der Waals surface area contributed by atoms with Gasteiger partial charge in [0.2, 0.25) is 0 Å². The first kappa shape index (κ1) is 39.8. The fourth-order valence-electron chi connectivity index (χ4n) is 5.68. The molecule has 0 fully saturated rings. The monoisotopic (exact) mass is 806 g/mol. The molecule has 8 heteroatoms. The van der Waals surface area contributed by atoms with E-state index in [0.717, 1.165) is 11.8 Å². The Bertz CT molecular complexity index is 1540. The van der Waals surface area contributed by atoms with Crippen molar-refractivity contribution in [3.05, 3.63) is 206 Å². The molecule has 0 spiro atoms. The van der Waals surface area contributed by atoms with Crippen LogP contribution >= 0.6 is 15.8 Å². The van der Waals surface area contributed by atoms with Crippen molar-refractivity contribution in [3.8, 4) is 0 Å². The molecule has 2 aliphatic rings. The molecule has 6 aromatic carbocycles. The van der Waals surface area contributed by atoms with E-state index in [0.29, 0.717) is 0 Å². The molecule has 6 aromatic rings. The number of fused-ring (bicyclic) bond motifs is 2. The van der Waals surface area contributed by atoms with E-state index in [9.17, 15) is 17.3 Å². The van der Waals surface area contributed by atoms with Crippen molar-refractivity contribution in [2.75, 3.05) is 0 Å². The van der Waals surface area contributed by atoms with Crippen LogP contribution in [0.2, 0.25) is 0 Å². The number of benzene rings is 6. The standard InChI is InChI=1S/2C18H15P.C7H8.BF4.Rh/c2*1-4-10-16(11-5-1)19(17-12-6-2-7-13-17)18-14-8-3-9-15-18;1-2-7-4-3-6(1)5-7;2-1(3,4)5;/h2*1-15H;1-4,6-7H,5H2;;/q;;;-1;. The van der Waals surface area contributed by atoms with Crippen LogP contribution in [0.4, 0.5) is 17.3 Å². The fraction of sp³-hybridized carbons (Fsp3) is 0.0698. The Labute approximate surface area is 314 Å². The maximum atomic E-state index is 9.75. The maximum absolute atomic E-state index is 9.75. The van der Waals surface area contributed by atoms with Crippen molar-refractivity contribution in [3.63, 3.8) is 0 Å². The molecular formula is C43H38BF4P2Rh-. The quantitative estimate of drug-likeness (QED) is 0.0681. The van der Waals surface area contributed by atoms with Crippen molar-refractivity contribution >= 4 is 54.9 Å². The molecule has 0 heterocycles. The summed E-state index contributed by atoms with van der Waals surface area (Å²) in [6, 6.07) is 64.7. The van der Waals surface area contributed by atoms with Gasteiger partial charge in [0.1, 0.15) is 0 Å². The SMILES string of the molecule is C1=CC2C=CC1C2.F[B-](F)(F)F.[Rh].c1ccc(P(c2ccccc2)c2ccccc2)cc1.c1ccc(P(c2ccccc2)c2ccccc2)cc1. The molecule has 8 rings (SSSR count). The van der Waals surface area contributed by atoms with Crippen LogP contribution in [-0.2, 0) is 19.5 Å². The van der Waals surface area contributed by atoms with Gasteiger partial charge < -0.3 is 17.3 Å². The average molecular weight is 806 g/mol. The van der Waals surface area contributed by atoms with Crippen LogP contribution in [0.5, 0.6) is 0 Å². The van der Waals surface area contributed by atoms with Crippen LogP contribution in [0.25, 0.3) is 0 Å². The summed E-state index contributed by atoms with van der Waals surface area (Å²) < 4.78 is 39.0. The van der Waals surface area contributed by atoms with Gasteiger partial charge in [0.05, 0.1) is 0 Å². The molecule has 0 N–H and O–H groups in total. The minimum absolute atomic E-state index is 0. The van der Waals surface area contributed by atoms with Gasteiger partial charge in [-0.1, -0.05) is 206 Å². The van der Waals surface area contributed by atoms with Crippen LogP contribution < -0.4 is 31.8 Å². The van der Waals surface area contributed by atoms with Crippen molar-refractivity contribution in [1.29, 1.82) is 0 Å². The number of rotatable bonds is 6. The normalized spacial score (nSPS) is 15.0. The van der Waals surface area contributed by atoms with Crippen molar-refractivity contribution < 1.29 is 36.7 Å². The van der Waals surface area contributed by atoms with Crippen LogP contribution in [0.3, 0.4) is 0 Å². The molecule has 0 aliphatic heterocycles. The zero-order valence-corrected chi connectivity index (χ0v) is 31.2. The largest absolute Gasteiger partial charge is 0.673 e. The zero-order chi connectivity index (χ0) is 35.0. The zero-order valence-electron chi connectivity index (χ0n) is 27.8. The molecule has 2 aliphatic carbocycles. The molecule has 0 amide bonds. The summed E-state index contributed by atoms with van der Waals surface area (Å²) in [5.74, 6) is 1.62. The summed E-state index contributed by atoms with van der Waals surface area (Å²) in [4.78, 5) is 0. The van der Waals surface area contributed by atoms with E-state index < -0.39 is 23.1 Å². The first-order valence-electron chi connectivity index (χ1n) is 16.5. The first-order chi connectivity index (χ1) is 24.3. The number of halogens is 4. The van der Waals surface area contributed by atoms with Gasteiger partial charge in [0.15, 0.2) is 0 Å². The van der Waals surface area contributed by atoms with Gasteiger partial charge >= 0.3 is 7.25 Å². The fourth-order valence-corrected chi connectivity index (χ4v) is 10.3. The second-order valence-corrected chi connectivity index (χ2v) is 16.0. The number of hydrogen-bond acceptors (Lipinski definition) is 0. The topological polar surface area (TPSA) is 0 Å². The van der Waals surface area contributed by atoms with Gasteiger partial charge in [-0.05, 0) is 65.9 Å². The van der Waals surface area contributed by atoms with E-state index >= 15 is 0 Å². The molecule has 0 aromatic heterocycles. The summed E-state index contributed by atoms with van der Waals surface area (Å²) in [5, 5.41) is 8.39. The van der Waals surface area contributed by atoms with Gasteiger partial charge in [-0.2, -0.15) is 0 Å². The Kier molecular flexibility index (Phi) is 16.3. The summed E-state index contributed by atoms with van der Waals surface area (Å²) in [6.07, 6.45) is 10.5. The van der Waals surface area contributed by atoms with E-state index in [1.807, 2.05) is 0 Å². The van der Waals surface area contributed by atoms with E-state index in [-0.39, 0.29) is 19.5 Å². The minimum Gasteiger partial charge on any atom is -0.418 e. The average Bonchev–Trinajstić information content (AvgIpc) is 3.82. The molecule has 1 radical (unpaired) electrons. The van der Waals surface area contributed by atoms with Gasteiger partial charge in [0.25, 0.3) is 0 Å². The molecule has 51 heavy (non-hydrogen) atoms. The van der Waals surface area contributed by atoms with Crippen LogP contribution in [0.1, 0.15) is 6.42 Å². The third-order valence-electron chi connectivity index (χ3n) is 7.84. The number of allylic oxidation sites excluding steroid dienone is 4. The molecule has 0 saturated heterocycles. The molecule has 261 valence electrons. The molecule has 0 atom stereocenters. The van der Waals surface area contributed by atoms with Gasteiger partial charge in [-0.25, -0.2) is 0 Å². The van der Waals surface area contributed by atoms with Crippen molar-refractivity contribution in [2.45, 2.75) is 6.42 Å². The summed E-state index contributed by atoms with van der Waals surface area (Å²) in [5.41, 5.74) is 0. The molecule has 0 unspecified atom stereocenters. The van der Waals surface area contributed by atoms with Crippen LogP contribution in [0.15, 0.2) is 206 Å². The Hall–Kier alpha value is -3.93. The second-order valence-electron chi connectivity index (χ2n) is 11.5. The van der Waals surface area contributed by atoms with E-state index in [1.165, 1.54) is 38.2 Å². The molecular weight excluding hydrogens is 768 g/mol. The smallest absolute Gasteiger partial charge is 0.418 e.